The minimum atomic E-state index is -0.748. The highest BCUT2D eigenvalue weighted by Gasteiger charge is 2.13. The Morgan fingerprint density at radius 1 is 1.17 bits per heavy atom. The van der Waals surface area contributed by atoms with Crippen LogP contribution in [-0.4, -0.2) is 42.9 Å². The molecule has 2 rings (SSSR count). The Hall–Kier alpha value is -1.36. The van der Waals surface area contributed by atoms with Gasteiger partial charge in [0.1, 0.15) is 5.15 Å². The molecule has 1 aromatic carbocycles. The first kappa shape index (κ1) is 25.7. The Bertz CT molecular complexity index is 830. The normalized spacial score (nSPS) is 12.2. The summed E-state index contributed by atoms with van der Waals surface area (Å²) in [5.74, 6) is 1.76. The lowest BCUT2D eigenvalue weighted by Crippen LogP contribution is -2.39. The van der Waals surface area contributed by atoms with Crippen molar-refractivity contribution in [2.75, 3.05) is 27.3 Å². The summed E-state index contributed by atoms with van der Waals surface area (Å²) in [4.78, 5) is 4.53. The molecule has 1 heterocycles. The van der Waals surface area contributed by atoms with Gasteiger partial charge in [-0.3, -0.25) is 0 Å². The maximum Gasteiger partial charge on any atom is 0.191 e. The Balaban J connectivity index is 0.00000420. The van der Waals surface area contributed by atoms with Crippen LogP contribution in [0.1, 0.15) is 24.3 Å². The van der Waals surface area contributed by atoms with E-state index in [4.69, 9.17) is 32.7 Å². The fourth-order valence-electron chi connectivity index (χ4n) is 2.61. The molecule has 1 aromatic heterocycles. The van der Waals surface area contributed by atoms with Gasteiger partial charge in [-0.1, -0.05) is 29.3 Å². The summed E-state index contributed by atoms with van der Waals surface area (Å²) in [6.07, 6.45) is -0.748. The van der Waals surface area contributed by atoms with Gasteiger partial charge in [-0.2, -0.15) is 0 Å². The number of hydrogen-bond donors (Lipinski definition) is 3. The molecule has 3 N–H and O–H groups in total. The van der Waals surface area contributed by atoms with Crippen LogP contribution in [0.15, 0.2) is 29.3 Å². The molecule has 0 fully saturated rings. The van der Waals surface area contributed by atoms with Crippen LogP contribution >= 0.6 is 47.2 Å². The number of hydrogen-bond acceptors (Lipinski definition) is 4. The molecule has 29 heavy (non-hydrogen) atoms. The van der Waals surface area contributed by atoms with E-state index in [0.29, 0.717) is 46.3 Å². The van der Waals surface area contributed by atoms with Crippen molar-refractivity contribution >= 4 is 53.1 Å². The quantitative estimate of drug-likeness (QED) is 0.262. The van der Waals surface area contributed by atoms with Crippen LogP contribution in [0.5, 0.6) is 11.5 Å². The SMILES string of the molecule is CCNC(=NCc1cc(Cl)c(Cl)n1C)NCC(O)c1ccc(OC)c(OC)c1.I. The largest absolute Gasteiger partial charge is 0.493 e. The average molecular weight is 557 g/mol. The number of aliphatic hydroxyl groups excluding tert-OH is 1. The van der Waals surface area contributed by atoms with Crippen molar-refractivity contribution in [2.24, 2.45) is 12.0 Å². The van der Waals surface area contributed by atoms with Crippen molar-refractivity contribution in [1.82, 2.24) is 15.2 Å². The van der Waals surface area contributed by atoms with Crippen LogP contribution in [-0.2, 0) is 13.6 Å². The monoisotopic (exact) mass is 556 g/mol. The zero-order chi connectivity index (χ0) is 20.7. The minimum Gasteiger partial charge on any atom is -0.493 e. The molecule has 0 aliphatic heterocycles. The number of halogens is 3. The number of nitrogens with one attached hydrogen (secondary N) is 2. The third-order valence-corrected chi connectivity index (χ3v) is 5.06. The Morgan fingerprint density at radius 2 is 1.86 bits per heavy atom. The molecular weight excluding hydrogens is 530 g/mol. The van der Waals surface area contributed by atoms with E-state index in [1.54, 1.807) is 43.1 Å². The highest BCUT2D eigenvalue weighted by atomic mass is 127. The van der Waals surface area contributed by atoms with E-state index in [9.17, 15) is 5.11 Å². The van der Waals surface area contributed by atoms with Crippen molar-refractivity contribution in [2.45, 2.75) is 19.6 Å². The molecule has 0 saturated heterocycles. The fraction of sp³-hybridized carbons (Fsp3) is 0.421. The molecule has 162 valence electrons. The molecule has 0 saturated carbocycles. The maximum absolute atomic E-state index is 10.5. The van der Waals surface area contributed by atoms with Crippen molar-refractivity contribution in [1.29, 1.82) is 0 Å². The summed E-state index contributed by atoms with van der Waals surface area (Å²) < 4.78 is 12.3. The summed E-state index contributed by atoms with van der Waals surface area (Å²) in [7, 11) is 4.96. The standard InChI is InChI=1S/C19H26Cl2N4O3.HI/c1-5-22-19(23-10-13-9-14(20)18(21)25(13)2)24-11-15(26)12-6-7-16(27-3)17(8-12)28-4;/h6-9,15,26H,5,10-11H2,1-4H3,(H2,22,23,24);1H. The number of rotatable bonds is 8. The van der Waals surface area contributed by atoms with E-state index in [1.807, 2.05) is 14.0 Å². The van der Waals surface area contributed by atoms with Crippen LogP contribution in [0.25, 0.3) is 0 Å². The van der Waals surface area contributed by atoms with E-state index in [-0.39, 0.29) is 30.5 Å². The van der Waals surface area contributed by atoms with Gasteiger partial charge in [0, 0.05) is 25.8 Å². The van der Waals surface area contributed by atoms with Crippen molar-refractivity contribution < 1.29 is 14.6 Å². The maximum atomic E-state index is 10.5. The molecule has 1 unspecified atom stereocenters. The summed E-state index contributed by atoms with van der Waals surface area (Å²) in [5.41, 5.74) is 1.59. The summed E-state index contributed by atoms with van der Waals surface area (Å²) >= 11 is 12.1. The second-order valence-corrected chi connectivity index (χ2v) is 6.80. The number of ether oxygens (including phenoxy) is 2. The molecule has 0 aliphatic carbocycles. The number of aromatic nitrogens is 1. The minimum absolute atomic E-state index is 0. The van der Waals surface area contributed by atoms with Gasteiger partial charge in [-0.15, -0.1) is 24.0 Å². The van der Waals surface area contributed by atoms with Crippen LogP contribution in [0.3, 0.4) is 0 Å². The summed E-state index contributed by atoms with van der Waals surface area (Å²) in [6.45, 7) is 3.33. The van der Waals surface area contributed by atoms with Crippen molar-refractivity contribution in [3.05, 3.63) is 45.7 Å². The molecule has 0 amide bonds. The number of aliphatic imine (C=N–C) groups is 1. The molecule has 0 spiro atoms. The van der Waals surface area contributed by atoms with E-state index in [2.05, 4.69) is 15.6 Å². The lowest BCUT2D eigenvalue weighted by atomic mass is 10.1. The molecule has 10 heteroatoms. The molecule has 1 atom stereocenters. The smallest absolute Gasteiger partial charge is 0.191 e. The fourth-order valence-corrected chi connectivity index (χ4v) is 3.03. The van der Waals surface area contributed by atoms with E-state index in [1.165, 1.54) is 0 Å². The van der Waals surface area contributed by atoms with Gasteiger partial charge in [0.2, 0.25) is 0 Å². The molecule has 0 radical (unpaired) electrons. The molecule has 0 bridgehead atoms. The van der Waals surface area contributed by atoms with Crippen molar-refractivity contribution in [3.63, 3.8) is 0 Å². The Labute approximate surface area is 198 Å². The Morgan fingerprint density at radius 3 is 2.41 bits per heavy atom. The van der Waals surface area contributed by atoms with Crippen LogP contribution in [0, 0.1) is 0 Å². The van der Waals surface area contributed by atoms with Gasteiger partial charge in [0.15, 0.2) is 17.5 Å². The van der Waals surface area contributed by atoms with Gasteiger partial charge < -0.3 is 29.8 Å². The zero-order valence-electron chi connectivity index (χ0n) is 16.8. The third kappa shape index (κ3) is 6.84. The van der Waals surface area contributed by atoms with Gasteiger partial charge in [-0.05, 0) is 30.7 Å². The predicted octanol–water partition coefficient (Wildman–Crippen LogP) is 3.76. The van der Waals surface area contributed by atoms with Crippen LogP contribution in [0.2, 0.25) is 10.2 Å². The first-order valence-electron chi connectivity index (χ1n) is 8.83. The first-order valence-corrected chi connectivity index (χ1v) is 9.58. The first-order chi connectivity index (χ1) is 13.4. The number of nitrogens with zero attached hydrogens (tertiary/aromatic N) is 2. The second kappa shape index (κ2) is 12.4. The topological polar surface area (TPSA) is 80.0 Å². The van der Waals surface area contributed by atoms with Gasteiger partial charge >= 0.3 is 0 Å². The number of benzene rings is 1. The molecule has 7 nitrogen and oxygen atoms in total. The predicted molar refractivity (Wildman–Crippen MR) is 128 cm³/mol. The average Bonchev–Trinajstić information content (AvgIpc) is 2.95. The second-order valence-electron chi connectivity index (χ2n) is 6.04. The Kier molecular flexibility index (Phi) is 10.9. The lowest BCUT2D eigenvalue weighted by molar-refractivity contribution is 0.180. The molecular formula is C19H27Cl2IN4O3. The number of guanidine groups is 1. The van der Waals surface area contributed by atoms with Gasteiger partial charge in [-0.25, -0.2) is 4.99 Å². The van der Waals surface area contributed by atoms with Crippen LogP contribution < -0.4 is 20.1 Å². The molecule has 2 aromatic rings. The summed E-state index contributed by atoms with van der Waals surface area (Å²) in [6, 6.07) is 7.10. The highest BCUT2D eigenvalue weighted by Crippen LogP contribution is 2.29. The number of methoxy groups -OCH3 is 2. The van der Waals surface area contributed by atoms with Crippen molar-refractivity contribution in [3.8, 4) is 11.5 Å². The summed E-state index contributed by atoms with van der Waals surface area (Å²) in [5, 5.41) is 17.8. The number of aliphatic hydroxyl groups is 1. The van der Waals surface area contributed by atoms with Crippen LogP contribution in [0.4, 0.5) is 0 Å². The van der Waals surface area contributed by atoms with E-state index in [0.717, 1.165) is 5.69 Å². The van der Waals surface area contributed by atoms with E-state index >= 15 is 0 Å². The lowest BCUT2D eigenvalue weighted by Gasteiger charge is -2.17. The molecule has 0 aliphatic rings. The third-order valence-electron chi connectivity index (χ3n) is 4.21. The highest BCUT2D eigenvalue weighted by molar-refractivity contribution is 14.0. The van der Waals surface area contributed by atoms with Gasteiger partial charge in [0.05, 0.1) is 31.9 Å². The van der Waals surface area contributed by atoms with E-state index < -0.39 is 6.10 Å². The van der Waals surface area contributed by atoms with Gasteiger partial charge in [0.25, 0.3) is 0 Å². The zero-order valence-corrected chi connectivity index (χ0v) is 20.7.